The van der Waals surface area contributed by atoms with E-state index in [0.717, 1.165) is 11.1 Å². The van der Waals surface area contributed by atoms with Crippen LogP contribution in [0.25, 0.3) is 6.08 Å². The van der Waals surface area contributed by atoms with Crippen LogP contribution in [0.15, 0.2) is 54.6 Å². The molecule has 4 nitrogen and oxygen atoms in total. The van der Waals surface area contributed by atoms with Crippen LogP contribution in [-0.2, 0) is 11.4 Å². The Morgan fingerprint density at radius 1 is 1.24 bits per heavy atom. The molecule has 108 valence electrons. The molecule has 0 aliphatic heterocycles. The van der Waals surface area contributed by atoms with Crippen molar-refractivity contribution < 1.29 is 9.53 Å². The van der Waals surface area contributed by atoms with Crippen LogP contribution in [0.4, 0.5) is 0 Å². The van der Waals surface area contributed by atoms with E-state index in [4.69, 9.17) is 22.2 Å². The highest BCUT2D eigenvalue weighted by atomic mass is 35.5. The zero-order chi connectivity index (χ0) is 15.1. The van der Waals surface area contributed by atoms with Crippen molar-refractivity contribution in [2.24, 2.45) is 5.84 Å². The lowest BCUT2D eigenvalue weighted by Gasteiger charge is -2.08. The monoisotopic (exact) mass is 302 g/mol. The molecule has 0 aromatic heterocycles. The molecular formula is C16H15ClN2O2. The van der Waals surface area contributed by atoms with E-state index in [1.54, 1.807) is 18.2 Å². The van der Waals surface area contributed by atoms with E-state index in [9.17, 15) is 4.79 Å². The average molecular weight is 303 g/mol. The molecule has 0 aliphatic rings. The number of nitrogens with one attached hydrogen (secondary N) is 1. The Hall–Kier alpha value is -2.30. The van der Waals surface area contributed by atoms with Gasteiger partial charge in [0.1, 0.15) is 12.4 Å². The highest BCUT2D eigenvalue weighted by Crippen LogP contribution is 2.26. The van der Waals surface area contributed by atoms with Crippen molar-refractivity contribution in [3.05, 3.63) is 70.8 Å². The van der Waals surface area contributed by atoms with Crippen LogP contribution in [-0.4, -0.2) is 5.91 Å². The van der Waals surface area contributed by atoms with Gasteiger partial charge in [-0.15, -0.1) is 0 Å². The molecule has 0 saturated carbocycles. The summed E-state index contributed by atoms with van der Waals surface area (Å²) < 4.78 is 5.67. The van der Waals surface area contributed by atoms with Crippen LogP contribution in [0.3, 0.4) is 0 Å². The summed E-state index contributed by atoms with van der Waals surface area (Å²) in [6.07, 6.45) is 2.95. The Kier molecular flexibility index (Phi) is 5.37. The fourth-order valence-electron chi connectivity index (χ4n) is 1.69. The average Bonchev–Trinajstić information content (AvgIpc) is 2.52. The topological polar surface area (TPSA) is 64.3 Å². The fourth-order valence-corrected chi connectivity index (χ4v) is 1.94. The predicted molar refractivity (Wildman–Crippen MR) is 83.6 cm³/mol. The third-order valence-electron chi connectivity index (χ3n) is 2.76. The Morgan fingerprint density at radius 3 is 2.67 bits per heavy atom. The molecule has 0 fully saturated rings. The number of rotatable bonds is 5. The SMILES string of the molecule is NNC(=O)/C=C/c1ccc(OCc2ccccc2)c(Cl)c1. The number of amides is 1. The number of hydrogen-bond donors (Lipinski definition) is 2. The second-order valence-electron chi connectivity index (χ2n) is 4.31. The van der Waals surface area contributed by atoms with Gasteiger partial charge in [0.05, 0.1) is 5.02 Å². The van der Waals surface area contributed by atoms with Gasteiger partial charge in [0.2, 0.25) is 0 Å². The number of hydrogen-bond acceptors (Lipinski definition) is 3. The van der Waals surface area contributed by atoms with E-state index in [-0.39, 0.29) is 5.91 Å². The molecule has 21 heavy (non-hydrogen) atoms. The van der Waals surface area contributed by atoms with E-state index in [1.807, 2.05) is 41.8 Å². The molecule has 0 aliphatic carbocycles. The first kappa shape index (κ1) is 15.1. The van der Waals surface area contributed by atoms with E-state index in [0.29, 0.717) is 17.4 Å². The van der Waals surface area contributed by atoms with Crippen LogP contribution in [0.5, 0.6) is 5.75 Å². The number of carbonyl (C=O) groups is 1. The van der Waals surface area contributed by atoms with Gasteiger partial charge in [-0.05, 0) is 29.3 Å². The summed E-state index contributed by atoms with van der Waals surface area (Å²) in [5.41, 5.74) is 3.87. The molecule has 0 spiro atoms. The van der Waals surface area contributed by atoms with Crippen molar-refractivity contribution in [2.75, 3.05) is 0 Å². The number of hydrazine groups is 1. The first-order valence-electron chi connectivity index (χ1n) is 6.34. The molecule has 5 heteroatoms. The summed E-state index contributed by atoms with van der Waals surface area (Å²) in [6, 6.07) is 15.1. The van der Waals surface area contributed by atoms with Crippen molar-refractivity contribution in [3.63, 3.8) is 0 Å². The number of nitrogens with two attached hydrogens (primary N) is 1. The minimum Gasteiger partial charge on any atom is -0.487 e. The summed E-state index contributed by atoms with van der Waals surface area (Å²) in [5.74, 6) is 5.21. The molecule has 2 rings (SSSR count). The summed E-state index contributed by atoms with van der Waals surface area (Å²) in [7, 11) is 0. The third-order valence-corrected chi connectivity index (χ3v) is 3.06. The van der Waals surface area contributed by atoms with Crippen molar-refractivity contribution in [3.8, 4) is 5.75 Å². The van der Waals surface area contributed by atoms with Crippen molar-refractivity contribution in [2.45, 2.75) is 6.61 Å². The van der Waals surface area contributed by atoms with E-state index in [1.165, 1.54) is 6.08 Å². The first-order chi connectivity index (χ1) is 10.2. The number of halogens is 1. The highest BCUT2D eigenvalue weighted by Gasteiger charge is 2.03. The molecule has 2 aromatic rings. The van der Waals surface area contributed by atoms with Crippen LogP contribution >= 0.6 is 11.6 Å². The Labute approximate surface area is 128 Å². The second kappa shape index (κ2) is 7.47. The molecule has 0 bridgehead atoms. The molecule has 0 atom stereocenters. The Balaban J connectivity index is 2.02. The minimum atomic E-state index is -0.379. The standard InChI is InChI=1S/C16H15ClN2O2/c17-14-10-12(7-9-16(20)19-18)6-8-15(14)21-11-13-4-2-1-3-5-13/h1-10H,11,18H2,(H,19,20)/b9-7+. The van der Waals surface area contributed by atoms with Crippen molar-refractivity contribution in [1.82, 2.24) is 5.43 Å². The molecule has 0 saturated heterocycles. The molecule has 0 unspecified atom stereocenters. The number of ether oxygens (including phenoxy) is 1. The van der Waals surface area contributed by atoms with Crippen molar-refractivity contribution >= 4 is 23.6 Å². The largest absolute Gasteiger partial charge is 0.487 e. The molecular weight excluding hydrogens is 288 g/mol. The van der Waals surface area contributed by atoms with Gasteiger partial charge in [0.15, 0.2) is 0 Å². The highest BCUT2D eigenvalue weighted by molar-refractivity contribution is 6.32. The minimum absolute atomic E-state index is 0.379. The lowest BCUT2D eigenvalue weighted by molar-refractivity contribution is -0.116. The zero-order valence-corrected chi connectivity index (χ0v) is 12.0. The van der Waals surface area contributed by atoms with Gasteiger partial charge >= 0.3 is 0 Å². The maximum absolute atomic E-state index is 11.0. The maximum atomic E-state index is 11.0. The summed E-state index contributed by atoms with van der Waals surface area (Å²) in [6.45, 7) is 0.450. The van der Waals surface area contributed by atoms with Gasteiger partial charge in [-0.3, -0.25) is 10.2 Å². The van der Waals surface area contributed by atoms with E-state index in [2.05, 4.69) is 0 Å². The van der Waals surface area contributed by atoms with Gasteiger partial charge in [-0.2, -0.15) is 0 Å². The van der Waals surface area contributed by atoms with Crippen molar-refractivity contribution in [1.29, 1.82) is 0 Å². The zero-order valence-electron chi connectivity index (χ0n) is 11.3. The first-order valence-corrected chi connectivity index (χ1v) is 6.72. The summed E-state index contributed by atoms with van der Waals surface area (Å²) >= 11 is 6.16. The second-order valence-corrected chi connectivity index (χ2v) is 4.71. The van der Waals surface area contributed by atoms with Gasteiger partial charge in [-0.1, -0.05) is 48.0 Å². The Morgan fingerprint density at radius 2 is 2.00 bits per heavy atom. The normalized spacial score (nSPS) is 10.6. The molecule has 0 heterocycles. The van der Waals surface area contributed by atoms with E-state index >= 15 is 0 Å². The quantitative estimate of drug-likeness (QED) is 0.386. The van der Waals surface area contributed by atoms with Gasteiger partial charge in [0, 0.05) is 6.08 Å². The van der Waals surface area contributed by atoms with Gasteiger partial charge in [0.25, 0.3) is 5.91 Å². The van der Waals surface area contributed by atoms with E-state index < -0.39 is 0 Å². The predicted octanol–water partition coefficient (Wildman–Crippen LogP) is 2.92. The van der Waals surface area contributed by atoms with Gasteiger partial charge < -0.3 is 4.74 Å². The third kappa shape index (κ3) is 4.63. The lowest BCUT2D eigenvalue weighted by atomic mass is 10.2. The summed E-state index contributed by atoms with van der Waals surface area (Å²) in [5, 5.41) is 0.487. The molecule has 0 radical (unpaired) electrons. The maximum Gasteiger partial charge on any atom is 0.257 e. The molecule has 1 amide bonds. The van der Waals surface area contributed by atoms with Crippen LogP contribution < -0.4 is 16.0 Å². The lowest BCUT2D eigenvalue weighted by Crippen LogP contribution is -2.27. The van der Waals surface area contributed by atoms with Crippen LogP contribution in [0.2, 0.25) is 5.02 Å². The number of carbonyl (C=O) groups excluding carboxylic acids is 1. The smallest absolute Gasteiger partial charge is 0.257 e. The summed E-state index contributed by atoms with van der Waals surface area (Å²) in [4.78, 5) is 11.0. The van der Waals surface area contributed by atoms with Crippen LogP contribution in [0.1, 0.15) is 11.1 Å². The Bertz CT molecular complexity index is 642. The molecule has 2 aromatic carbocycles. The molecule has 3 N–H and O–H groups in total. The number of benzene rings is 2. The van der Waals surface area contributed by atoms with Gasteiger partial charge in [-0.25, -0.2) is 5.84 Å². The fraction of sp³-hybridized carbons (Fsp3) is 0.0625. The van der Waals surface area contributed by atoms with Crippen LogP contribution in [0, 0.1) is 0 Å².